The first-order chi connectivity index (χ1) is 17.9. The highest BCUT2D eigenvalue weighted by molar-refractivity contribution is 5.98. The van der Waals surface area contributed by atoms with Crippen molar-refractivity contribution < 1.29 is 8.78 Å². The molecule has 0 saturated carbocycles. The average Bonchev–Trinajstić information content (AvgIpc) is 3.51. The van der Waals surface area contributed by atoms with Gasteiger partial charge in [0, 0.05) is 49.4 Å². The summed E-state index contributed by atoms with van der Waals surface area (Å²) < 4.78 is 31.9. The molecule has 37 heavy (non-hydrogen) atoms. The summed E-state index contributed by atoms with van der Waals surface area (Å²) in [5, 5.41) is 7.35. The van der Waals surface area contributed by atoms with Crippen LogP contribution in [0.5, 0.6) is 0 Å². The number of halogens is 2. The number of rotatable bonds is 5. The number of H-pyrrole nitrogens is 1. The van der Waals surface area contributed by atoms with Gasteiger partial charge in [0.1, 0.15) is 22.9 Å². The van der Waals surface area contributed by atoms with E-state index >= 15 is 4.39 Å². The van der Waals surface area contributed by atoms with Crippen molar-refractivity contribution >= 4 is 39.4 Å². The number of hydrogen-bond donors (Lipinski definition) is 3. The first-order valence-corrected chi connectivity index (χ1v) is 12.3. The minimum absolute atomic E-state index is 0.00444. The summed E-state index contributed by atoms with van der Waals surface area (Å²) in [6, 6.07) is 4.98. The van der Waals surface area contributed by atoms with Crippen LogP contribution in [0.3, 0.4) is 0 Å². The van der Waals surface area contributed by atoms with Crippen LogP contribution in [0, 0.1) is 18.6 Å². The van der Waals surface area contributed by atoms with Gasteiger partial charge < -0.3 is 25.1 Å². The van der Waals surface area contributed by atoms with E-state index in [-0.39, 0.29) is 23.2 Å². The first kappa shape index (κ1) is 23.3. The van der Waals surface area contributed by atoms with E-state index in [1.54, 1.807) is 6.07 Å². The van der Waals surface area contributed by atoms with E-state index in [4.69, 9.17) is 0 Å². The molecule has 1 aromatic carbocycles. The Morgan fingerprint density at radius 1 is 1.03 bits per heavy atom. The fourth-order valence-corrected chi connectivity index (χ4v) is 5.08. The fourth-order valence-electron chi connectivity index (χ4n) is 5.08. The second-order valence-electron chi connectivity index (χ2n) is 9.46. The summed E-state index contributed by atoms with van der Waals surface area (Å²) in [6.45, 7) is 9.43. The fraction of sp³-hybridized carbons (Fsp3) is 0.308. The van der Waals surface area contributed by atoms with E-state index in [1.165, 1.54) is 6.07 Å². The third-order valence-corrected chi connectivity index (χ3v) is 6.72. The van der Waals surface area contributed by atoms with Crippen LogP contribution in [0.4, 0.5) is 26.2 Å². The van der Waals surface area contributed by atoms with E-state index < -0.39 is 11.6 Å². The standard InChI is InChI=1S/C26H27F2N9/c1-14(2)37-15(3)33-24-18(27)10-16(11-20(24)37)22-19(28)12-32-26(34-22)35-25-17-4-5-30-23(17)21(13-31-25)36-8-6-29-7-9-36/h4-5,10-14,29-30H,6-9H2,1-3H3,(H,31,32,34,35). The molecular weight excluding hydrogens is 476 g/mol. The number of aryl methyl sites for hydroxylation is 1. The number of pyridine rings is 1. The number of aromatic amines is 1. The van der Waals surface area contributed by atoms with Gasteiger partial charge in [0.15, 0.2) is 11.6 Å². The maximum atomic E-state index is 15.0. The molecule has 0 radical (unpaired) electrons. The summed E-state index contributed by atoms with van der Waals surface area (Å²) in [6.07, 6.45) is 4.76. The Balaban J connectivity index is 1.38. The monoisotopic (exact) mass is 503 g/mol. The maximum absolute atomic E-state index is 15.0. The lowest BCUT2D eigenvalue weighted by Gasteiger charge is -2.29. The molecule has 1 saturated heterocycles. The van der Waals surface area contributed by atoms with Crippen molar-refractivity contribution in [1.29, 1.82) is 0 Å². The lowest BCUT2D eigenvalue weighted by Crippen LogP contribution is -2.43. The summed E-state index contributed by atoms with van der Waals surface area (Å²) in [5.74, 6) is 0.225. The highest BCUT2D eigenvalue weighted by Gasteiger charge is 2.20. The number of hydrogen-bond acceptors (Lipinski definition) is 7. The zero-order chi connectivity index (χ0) is 25.7. The number of nitrogens with zero attached hydrogens (tertiary/aromatic N) is 6. The van der Waals surface area contributed by atoms with Gasteiger partial charge in [-0.3, -0.25) is 0 Å². The number of imidazole rings is 1. The molecule has 0 unspecified atom stereocenters. The number of benzene rings is 1. The molecule has 11 heteroatoms. The predicted octanol–water partition coefficient (Wildman–Crippen LogP) is 4.69. The van der Waals surface area contributed by atoms with Crippen molar-refractivity contribution in [2.45, 2.75) is 26.8 Å². The van der Waals surface area contributed by atoms with Gasteiger partial charge in [-0.25, -0.2) is 28.7 Å². The Morgan fingerprint density at radius 3 is 2.62 bits per heavy atom. The van der Waals surface area contributed by atoms with Crippen LogP contribution in [-0.4, -0.2) is 55.7 Å². The Kier molecular flexibility index (Phi) is 5.71. The highest BCUT2D eigenvalue weighted by Crippen LogP contribution is 2.33. The molecular formula is C26H27F2N9. The van der Waals surface area contributed by atoms with Crippen molar-refractivity contribution in [3.05, 3.63) is 54.2 Å². The molecule has 6 rings (SSSR count). The molecule has 0 bridgehead atoms. The Hall–Kier alpha value is -4.12. The molecule has 0 atom stereocenters. The lowest BCUT2D eigenvalue weighted by molar-refractivity contribution is 0.589. The minimum Gasteiger partial charge on any atom is -0.366 e. The molecule has 1 aliphatic rings. The SMILES string of the molecule is Cc1nc2c(F)cc(-c3nc(Nc4ncc(N5CCNCC5)c5[nH]ccc45)ncc3F)cc2n1C(C)C. The Morgan fingerprint density at radius 2 is 1.84 bits per heavy atom. The Labute approximate surface area is 212 Å². The lowest BCUT2D eigenvalue weighted by atomic mass is 10.1. The van der Waals surface area contributed by atoms with E-state index in [0.29, 0.717) is 22.7 Å². The molecule has 190 valence electrons. The van der Waals surface area contributed by atoms with Gasteiger partial charge in [-0.05, 0) is 39.0 Å². The van der Waals surface area contributed by atoms with Crippen molar-refractivity contribution in [3.63, 3.8) is 0 Å². The van der Waals surface area contributed by atoms with E-state index in [1.807, 2.05) is 43.8 Å². The average molecular weight is 504 g/mol. The van der Waals surface area contributed by atoms with Gasteiger partial charge in [0.25, 0.3) is 0 Å². The van der Waals surface area contributed by atoms with Crippen molar-refractivity contribution in [2.24, 2.45) is 0 Å². The van der Waals surface area contributed by atoms with Gasteiger partial charge in [-0.2, -0.15) is 0 Å². The van der Waals surface area contributed by atoms with Gasteiger partial charge in [-0.15, -0.1) is 0 Å². The summed E-state index contributed by atoms with van der Waals surface area (Å²) >= 11 is 0. The van der Waals surface area contributed by atoms with Gasteiger partial charge in [-0.1, -0.05) is 0 Å². The van der Waals surface area contributed by atoms with Crippen molar-refractivity contribution in [3.8, 4) is 11.3 Å². The summed E-state index contributed by atoms with van der Waals surface area (Å²) in [5.41, 5.74) is 3.12. The quantitative estimate of drug-likeness (QED) is 0.320. The molecule has 5 aromatic rings. The normalized spacial score (nSPS) is 14.3. The van der Waals surface area contributed by atoms with E-state index in [9.17, 15) is 4.39 Å². The highest BCUT2D eigenvalue weighted by atomic mass is 19.1. The maximum Gasteiger partial charge on any atom is 0.229 e. The zero-order valence-electron chi connectivity index (χ0n) is 20.8. The van der Waals surface area contributed by atoms with Crippen molar-refractivity contribution in [1.82, 2.24) is 34.8 Å². The predicted molar refractivity (Wildman–Crippen MR) is 140 cm³/mol. The molecule has 9 nitrogen and oxygen atoms in total. The molecule has 3 N–H and O–H groups in total. The second kappa shape index (κ2) is 9.07. The van der Waals surface area contributed by atoms with Gasteiger partial charge in [0.05, 0.1) is 29.1 Å². The van der Waals surface area contributed by atoms with Crippen LogP contribution in [0.2, 0.25) is 0 Å². The molecule has 1 aliphatic heterocycles. The molecule has 0 spiro atoms. The topological polar surface area (TPSA) is 99.6 Å². The molecule has 1 fully saturated rings. The molecule has 5 heterocycles. The number of nitrogens with one attached hydrogen (secondary N) is 3. The van der Waals surface area contributed by atoms with Crippen LogP contribution in [0.1, 0.15) is 25.7 Å². The van der Waals surface area contributed by atoms with Crippen LogP contribution in [-0.2, 0) is 0 Å². The number of aromatic nitrogens is 6. The van der Waals surface area contributed by atoms with Crippen LogP contribution >= 0.6 is 0 Å². The van der Waals surface area contributed by atoms with Gasteiger partial charge >= 0.3 is 0 Å². The Bertz CT molecular complexity index is 1620. The summed E-state index contributed by atoms with van der Waals surface area (Å²) in [4.78, 5) is 23.1. The van der Waals surface area contributed by atoms with Gasteiger partial charge in [0.2, 0.25) is 5.95 Å². The zero-order valence-corrected chi connectivity index (χ0v) is 20.8. The molecule has 0 aliphatic carbocycles. The van der Waals surface area contributed by atoms with E-state index in [0.717, 1.165) is 49.0 Å². The second-order valence-corrected chi connectivity index (χ2v) is 9.46. The largest absolute Gasteiger partial charge is 0.366 e. The molecule has 4 aromatic heterocycles. The first-order valence-electron chi connectivity index (χ1n) is 12.3. The number of fused-ring (bicyclic) bond motifs is 2. The van der Waals surface area contributed by atoms with E-state index in [2.05, 4.69) is 40.5 Å². The summed E-state index contributed by atoms with van der Waals surface area (Å²) in [7, 11) is 0. The van der Waals surface area contributed by atoms with Crippen LogP contribution in [0.15, 0.2) is 36.8 Å². The smallest absolute Gasteiger partial charge is 0.229 e. The van der Waals surface area contributed by atoms with Crippen LogP contribution in [0.25, 0.3) is 33.2 Å². The van der Waals surface area contributed by atoms with Crippen molar-refractivity contribution in [2.75, 3.05) is 36.4 Å². The third-order valence-electron chi connectivity index (χ3n) is 6.72. The van der Waals surface area contributed by atoms with Crippen LogP contribution < -0.4 is 15.5 Å². The number of anilines is 3. The number of piperazine rings is 1. The third kappa shape index (κ3) is 4.05. The molecule has 0 amide bonds. The minimum atomic E-state index is -0.648.